The van der Waals surface area contributed by atoms with E-state index in [1.165, 1.54) is 16.0 Å². The van der Waals surface area contributed by atoms with Gasteiger partial charge in [-0.05, 0) is 25.1 Å². The number of hydrogen-bond acceptors (Lipinski definition) is 2. The molecule has 0 bridgehead atoms. The van der Waals surface area contributed by atoms with E-state index in [1.54, 1.807) is 6.20 Å². The number of anilines is 2. The van der Waals surface area contributed by atoms with Crippen LogP contribution in [0, 0.1) is 25.1 Å². The highest BCUT2D eigenvalue weighted by Gasteiger charge is 2.44. The van der Waals surface area contributed by atoms with Gasteiger partial charge < -0.3 is 0 Å². The Kier molecular flexibility index (Phi) is 3.96. The summed E-state index contributed by atoms with van der Waals surface area (Å²) in [6.07, 6.45) is 2.40. The SMILES string of the molecule is [C-]#[N+][C@@H]1CN(c2cc(F)cc(F)c2)C(=O)N1c1cncc2ccc(C)cc12. The van der Waals surface area contributed by atoms with Crippen molar-refractivity contribution in [1.29, 1.82) is 0 Å². The van der Waals surface area contributed by atoms with E-state index in [9.17, 15) is 13.6 Å². The monoisotopic (exact) mass is 364 g/mol. The number of carbonyl (C=O) groups is 1. The lowest BCUT2D eigenvalue weighted by Gasteiger charge is -2.19. The quantitative estimate of drug-likeness (QED) is 0.628. The molecule has 0 unspecified atom stereocenters. The summed E-state index contributed by atoms with van der Waals surface area (Å²) in [7, 11) is 0. The highest BCUT2D eigenvalue weighted by atomic mass is 19.1. The number of carbonyl (C=O) groups excluding carboxylic acids is 1. The van der Waals surface area contributed by atoms with E-state index in [1.807, 2.05) is 25.1 Å². The number of aryl methyl sites for hydroxylation is 1. The van der Waals surface area contributed by atoms with Crippen molar-refractivity contribution in [1.82, 2.24) is 4.98 Å². The van der Waals surface area contributed by atoms with Gasteiger partial charge >= 0.3 is 12.2 Å². The average Bonchev–Trinajstić information content (AvgIpc) is 2.96. The van der Waals surface area contributed by atoms with Gasteiger partial charge in [-0.3, -0.25) is 14.7 Å². The van der Waals surface area contributed by atoms with Crippen molar-refractivity contribution in [2.45, 2.75) is 13.1 Å². The van der Waals surface area contributed by atoms with Crippen LogP contribution in [0.15, 0.2) is 48.8 Å². The standard InChI is InChI=1S/C20H14F2N4O/c1-12-3-4-13-9-24-10-18(17(13)5-12)26-19(23-2)11-25(20(26)27)16-7-14(21)6-15(22)8-16/h3-10,19H,11H2,1H3/t19-/m0/s1. The van der Waals surface area contributed by atoms with Crippen LogP contribution in [0.3, 0.4) is 0 Å². The molecular weight excluding hydrogens is 350 g/mol. The number of rotatable bonds is 2. The largest absolute Gasteiger partial charge is 0.335 e. The van der Waals surface area contributed by atoms with Crippen molar-refractivity contribution >= 4 is 28.2 Å². The molecule has 1 aliphatic heterocycles. The topological polar surface area (TPSA) is 40.8 Å². The van der Waals surface area contributed by atoms with Gasteiger partial charge in [-0.1, -0.05) is 17.7 Å². The van der Waals surface area contributed by atoms with Gasteiger partial charge in [0, 0.05) is 23.0 Å². The fourth-order valence-electron chi connectivity index (χ4n) is 3.31. The van der Waals surface area contributed by atoms with Gasteiger partial charge in [0.25, 0.3) is 0 Å². The Morgan fingerprint density at radius 3 is 2.59 bits per heavy atom. The average molecular weight is 364 g/mol. The van der Waals surface area contributed by atoms with Gasteiger partial charge in [0.05, 0.1) is 17.6 Å². The molecule has 2 aromatic carbocycles. The Morgan fingerprint density at radius 1 is 1.15 bits per heavy atom. The van der Waals surface area contributed by atoms with Gasteiger partial charge in [-0.2, -0.15) is 0 Å². The van der Waals surface area contributed by atoms with E-state index in [0.29, 0.717) is 5.69 Å². The maximum absolute atomic E-state index is 13.6. The van der Waals surface area contributed by atoms with Gasteiger partial charge in [0.1, 0.15) is 18.2 Å². The van der Waals surface area contributed by atoms with Gasteiger partial charge in [-0.15, -0.1) is 0 Å². The first-order chi connectivity index (χ1) is 13.0. The number of fused-ring (bicyclic) bond motifs is 1. The molecule has 1 atom stereocenters. The van der Waals surface area contributed by atoms with Crippen LogP contribution in [0.5, 0.6) is 0 Å². The fourth-order valence-corrected chi connectivity index (χ4v) is 3.31. The zero-order valence-electron chi connectivity index (χ0n) is 14.4. The predicted molar refractivity (Wildman–Crippen MR) is 98.4 cm³/mol. The Balaban J connectivity index is 1.83. The minimum Gasteiger partial charge on any atom is -0.287 e. The van der Waals surface area contributed by atoms with Crippen molar-refractivity contribution < 1.29 is 13.6 Å². The normalized spacial score (nSPS) is 16.8. The lowest BCUT2D eigenvalue weighted by Crippen LogP contribution is -2.34. The maximum atomic E-state index is 13.6. The minimum atomic E-state index is -0.822. The molecule has 0 spiro atoms. The predicted octanol–water partition coefficient (Wildman–Crippen LogP) is 4.51. The summed E-state index contributed by atoms with van der Waals surface area (Å²) in [5.74, 6) is -1.56. The molecule has 27 heavy (non-hydrogen) atoms. The number of halogens is 2. The number of amides is 2. The summed E-state index contributed by atoms with van der Waals surface area (Å²) in [6.45, 7) is 9.43. The second kappa shape index (κ2) is 6.32. The highest BCUT2D eigenvalue weighted by molar-refractivity contribution is 6.11. The number of hydrogen-bond donors (Lipinski definition) is 0. The lowest BCUT2D eigenvalue weighted by atomic mass is 10.1. The van der Waals surface area contributed by atoms with Crippen LogP contribution >= 0.6 is 0 Å². The molecule has 0 saturated carbocycles. The van der Waals surface area contributed by atoms with Crippen LogP contribution in [-0.4, -0.2) is 23.7 Å². The molecule has 5 nitrogen and oxygen atoms in total. The summed E-state index contributed by atoms with van der Waals surface area (Å²) in [6, 6.07) is 8.14. The molecule has 3 aromatic rings. The lowest BCUT2D eigenvalue weighted by molar-refractivity contribution is 0.255. The maximum Gasteiger partial charge on any atom is 0.335 e. The molecule has 0 N–H and O–H groups in total. The van der Waals surface area contributed by atoms with Crippen LogP contribution in [0.1, 0.15) is 5.56 Å². The zero-order chi connectivity index (χ0) is 19.1. The molecule has 2 heterocycles. The first kappa shape index (κ1) is 16.9. The van der Waals surface area contributed by atoms with Gasteiger partial charge in [0.2, 0.25) is 0 Å². The van der Waals surface area contributed by atoms with E-state index >= 15 is 0 Å². The van der Waals surface area contributed by atoms with Crippen molar-refractivity contribution in [3.63, 3.8) is 0 Å². The smallest absolute Gasteiger partial charge is 0.287 e. The third-order valence-electron chi connectivity index (χ3n) is 4.54. The molecule has 1 saturated heterocycles. The Hall–Kier alpha value is -3.53. The summed E-state index contributed by atoms with van der Waals surface area (Å²) < 4.78 is 27.2. The fraction of sp³-hybridized carbons (Fsp3) is 0.150. The number of urea groups is 1. The third kappa shape index (κ3) is 2.85. The molecule has 0 radical (unpaired) electrons. The van der Waals surface area contributed by atoms with Crippen LogP contribution < -0.4 is 9.80 Å². The molecule has 1 aliphatic rings. The van der Waals surface area contributed by atoms with Crippen molar-refractivity contribution in [2.24, 2.45) is 0 Å². The molecule has 0 aliphatic carbocycles. The Morgan fingerprint density at radius 2 is 1.89 bits per heavy atom. The number of aromatic nitrogens is 1. The number of nitrogens with zero attached hydrogens (tertiary/aromatic N) is 4. The van der Waals surface area contributed by atoms with Crippen LogP contribution in [0.4, 0.5) is 25.0 Å². The van der Waals surface area contributed by atoms with Crippen molar-refractivity contribution in [3.8, 4) is 0 Å². The number of benzene rings is 2. The van der Waals surface area contributed by atoms with Crippen molar-refractivity contribution in [3.05, 3.63) is 77.4 Å². The summed E-state index contributed by atoms with van der Waals surface area (Å²) in [5.41, 5.74) is 1.59. The van der Waals surface area contributed by atoms with Crippen LogP contribution in [-0.2, 0) is 0 Å². The van der Waals surface area contributed by atoms with Crippen molar-refractivity contribution in [2.75, 3.05) is 16.3 Å². The zero-order valence-corrected chi connectivity index (χ0v) is 14.4. The van der Waals surface area contributed by atoms with Crippen LogP contribution in [0.25, 0.3) is 15.6 Å². The summed E-state index contributed by atoms with van der Waals surface area (Å²) >= 11 is 0. The third-order valence-corrected chi connectivity index (χ3v) is 4.54. The molecule has 7 heteroatoms. The summed E-state index contributed by atoms with van der Waals surface area (Å²) in [4.78, 5) is 23.3. The van der Waals surface area contributed by atoms with Crippen LogP contribution in [0.2, 0.25) is 0 Å². The molecule has 134 valence electrons. The Bertz CT molecular complexity index is 1090. The van der Waals surface area contributed by atoms with Gasteiger partial charge in [0.15, 0.2) is 0 Å². The Labute approximate surface area is 154 Å². The second-order valence-electron chi connectivity index (χ2n) is 6.38. The van der Waals surface area contributed by atoms with E-state index < -0.39 is 23.8 Å². The molecule has 1 aromatic heterocycles. The highest BCUT2D eigenvalue weighted by Crippen LogP contribution is 2.34. The molecule has 2 amide bonds. The van der Waals surface area contributed by atoms with Gasteiger partial charge in [-0.25, -0.2) is 25.0 Å². The number of pyridine rings is 1. The molecular formula is C20H14F2N4O. The van der Waals surface area contributed by atoms with E-state index in [-0.39, 0.29) is 12.2 Å². The molecule has 4 rings (SSSR count). The first-order valence-corrected chi connectivity index (χ1v) is 8.25. The van der Waals surface area contributed by atoms with E-state index in [0.717, 1.165) is 34.5 Å². The first-order valence-electron chi connectivity index (χ1n) is 8.25. The minimum absolute atomic E-state index is 0.00737. The van der Waals surface area contributed by atoms with E-state index in [4.69, 9.17) is 6.57 Å². The van der Waals surface area contributed by atoms with E-state index in [2.05, 4.69) is 9.83 Å². The summed E-state index contributed by atoms with van der Waals surface area (Å²) in [5, 5.41) is 1.63. The molecule has 1 fully saturated rings. The second-order valence-corrected chi connectivity index (χ2v) is 6.38.